The maximum absolute atomic E-state index is 12.6. The largest absolute Gasteiger partial charge is 0.380 e. The Morgan fingerprint density at radius 2 is 2.09 bits per heavy atom. The Bertz CT molecular complexity index is 532. The van der Waals surface area contributed by atoms with E-state index in [9.17, 15) is 4.79 Å². The summed E-state index contributed by atoms with van der Waals surface area (Å²) >= 11 is 0. The van der Waals surface area contributed by atoms with Crippen molar-refractivity contribution in [2.45, 2.75) is 39.0 Å². The van der Waals surface area contributed by atoms with Crippen molar-refractivity contribution in [1.82, 2.24) is 20.3 Å². The van der Waals surface area contributed by atoms with Gasteiger partial charge in [0.15, 0.2) is 0 Å². The Labute approximate surface area is 136 Å². The summed E-state index contributed by atoms with van der Waals surface area (Å²) in [4.78, 5) is 16.9. The summed E-state index contributed by atoms with van der Waals surface area (Å²) in [7, 11) is 1.70. The normalized spacial score (nSPS) is 26.0. The lowest BCUT2D eigenvalue weighted by Gasteiger charge is -2.35. The van der Waals surface area contributed by atoms with Gasteiger partial charge in [-0.05, 0) is 20.3 Å². The molecule has 128 valence electrons. The molecule has 0 unspecified atom stereocenters. The molecule has 3 heterocycles. The van der Waals surface area contributed by atoms with Crippen LogP contribution < -0.4 is 5.32 Å². The van der Waals surface area contributed by atoms with Crippen molar-refractivity contribution in [3.05, 3.63) is 17.0 Å². The molecule has 2 aliphatic heterocycles. The van der Waals surface area contributed by atoms with Gasteiger partial charge in [-0.25, -0.2) is 0 Å². The van der Waals surface area contributed by atoms with Gasteiger partial charge in [0.1, 0.15) is 5.76 Å². The third kappa shape index (κ3) is 3.57. The van der Waals surface area contributed by atoms with E-state index in [1.54, 1.807) is 7.11 Å². The molecule has 2 fully saturated rings. The molecule has 1 aromatic rings. The summed E-state index contributed by atoms with van der Waals surface area (Å²) in [6.45, 7) is 8.86. The Kier molecular flexibility index (Phi) is 4.99. The van der Waals surface area contributed by atoms with Crippen molar-refractivity contribution in [2.24, 2.45) is 0 Å². The van der Waals surface area contributed by atoms with Crippen LogP contribution in [-0.4, -0.2) is 72.8 Å². The monoisotopic (exact) mass is 322 g/mol. The SMILES string of the molecule is CO[C@@H]1CN[C@@H](C(=O)N2CCN(Cc3c(C)noc3C)CC2)C1. The fraction of sp³-hybridized carbons (Fsp3) is 0.750. The first kappa shape index (κ1) is 16.4. The first-order valence-corrected chi connectivity index (χ1v) is 8.27. The fourth-order valence-electron chi connectivity index (χ4n) is 3.37. The molecule has 7 nitrogen and oxygen atoms in total. The second kappa shape index (κ2) is 6.98. The molecule has 2 aliphatic rings. The predicted molar refractivity (Wildman–Crippen MR) is 85.0 cm³/mol. The van der Waals surface area contributed by atoms with E-state index in [2.05, 4.69) is 15.4 Å². The van der Waals surface area contributed by atoms with Crippen LogP contribution in [0.25, 0.3) is 0 Å². The van der Waals surface area contributed by atoms with Crippen LogP contribution in [0.1, 0.15) is 23.4 Å². The number of hydrogen-bond donors (Lipinski definition) is 1. The molecule has 0 aromatic carbocycles. The smallest absolute Gasteiger partial charge is 0.239 e. The van der Waals surface area contributed by atoms with E-state index >= 15 is 0 Å². The molecule has 1 aromatic heterocycles. The number of carbonyl (C=O) groups excluding carboxylic acids is 1. The number of rotatable bonds is 4. The van der Waals surface area contributed by atoms with Gasteiger partial charge in [-0.3, -0.25) is 9.69 Å². The van der Waals surface area contributed by atoms with E-state index < -0.39 is 0 Å². The lowest BCUT2D eigenvalue weighted by molar-refractivity contribution is -0.135. The van der Waals surface area contributed by atoms with Gasteiger partial charge >= 0.3 is 0 Å². The Morgan fingerprint density at radius 1 is 1.35 bits per heavy atom. The van der Waals surface area contributed by atoms with Gasteiger partial charge in [0.05, 0.1) is 17.8 Å². The van der Waals surface area contributed by atoms with E-state index in [1.807, 2.05) is 18.7 Å². The standard InChI is InChI=1S/C16H26N4O3/c1-11-14(12(2)23-18-11)10-19-4-6-20(7-5-19)16(21)15-8-13(22-3)9-17-15/h13,15,17H,4-10H2,1-3H3/t13-,15+/m0/s1. The number of nitrogens with zero attached hydrogens (tertiary/aromatic N) is 3. The minimum atomic E-state index is -0.0888. The van der Waals surface area contributed by atoms with Crippen LogP contribution in [0.4, 0.5) is 0 Å². The van der Waals surface area contributed by atoms with Crippen LogP contribution in [0.2, 0.25) is 0 Å². The second-order valence-corrected chi connectivity index (χ2v) is 6.46. The highest BCUT2D eigenvalue weighted by Crippen LogP contribution is 2.17. The van der Waals surface area contributed by atoms with E-state index in [0.717, 1.165) is 57.1 Å². The van der Waals surface area contributed by atoms with Crippen LogP contribution in [0.5, 0.6) is 0 Å². The first-order chi connectivity index (χ1) is 11.1. The molecular weight excluding hydrogens is 296 g/mol. The average molecular weight is 322 g/mol. The van der Waals surface area contributed by atoms with E-state index in [1.165, 1.54) is 5.56 Å². The molecule has 0 saturated carbocycles. The number of aryl methyl sites for hydroxylation is 2. The summed E-state index contributed by atoms with van der Waals surface area (Å²) < 4.78 is 10.5. The molecule has 2 saturated heterocycles. The summed E-state index contributed by atoms with van der Waals surface area (Å²) in [5, 5.41) is 7.27. The predicted octanol–water partition coefficient (Wildman–Crippen LogP) is 0.313. The number of hydrogen-bond acceptors (Lipinski definition) is 6. The zero-order valence-electron chi connectivity index (χ0n) is 14.2. The first-order valence-electron chi connectivity index (χ1n) is 8.27. The van der Waals surface area contributed by atoms with E-state index in [4.69, 9.17) is 9.26 Å². The van der Waals surface area contributed by atoms with Gasteiger partial charge in [-0.1, -0.05) is 5.16 Å². The molecule has 3 rings (SSSR count). The Hall–Kier alpha value is -1.44. The van der Waals surface area contributed by atoms with E-state index in [0.29, 0.717) is 0 Å². The second-order valence-electron chi connectivity index (χ2n) is 6.46. The quantitative estimate of drug-likeness (QED) is 0.860. The average Bonchev–Trinajstić information content (AvgIpc) is 3.17. The summed E-state index contributed by atoms with van der Waals surface area (Å²) in [6.07, 6.45) is 0.930. The third-order valence-electron chi connectivity index (χ3n) is 4.97. The number of aromatic nitrogens is 1. The van der Waals surface area contributed by atoms with Gasteiger partial charge in [0.25, 0.3) is 0 Å². The number of piperazine rings is 1. The Morgan fingerprint density at radius 3 is 2.65 bits per heavy atom. The maximum atomic E-state index is 12.6. The number of carbonyl (C=O) groups is 1. The number of ether oxygens (including phenoxy) is 1. The highest BCUT2D eigenvalue weighted by molar-refractivity contribution is 5.82. The molecule has 0 bridgehead atoms. The van der Waals surface area contributed by atoms with Crippen molar-refractivity contribution in [3.63, 3.8) is 0 Å². The van der Waals surface area contributed by atoms with E-state index in [-0.39, 0.29) is 18.1 Å². The highest BCUT2D eigenvalue weighted by Gasteiger charge is 2.33. The van der Waals surface area contributed by atoms with Gasteiger partial charge < -0.3 is 19.5 Å². The number of methoxy groups -OCH3 is 1. The maximum Gasteiger partial charge on any atom is 0.239 e. The lowest BCUT2D eigenvalue weighted by Crippen LogP contribution is -2.52. The summed E-state index contributed by atoms with van der Waals surface area (Å²) in [6, 6.07) is -0.0888. The zero-order valence-corrected chi connectivity index (χ0v) is 14.2. The number of amides is 1. The molecule has 23 heavy (non-hydrogen) atoms. The topological polar surface area (TPSA) is 70.8 Å². The third-order valence-corrected chi connectivity index (χ3v) is 4.97. The molecule has 7 heteroatoms. The van der Waals surface area contributed by atoms with Gasteiger partial charge in [-0.2, -0.15) is 0 Å². The minimum absolute atomic E-state index is 0.0888. The zero-order chi connectivity index (χ0) is 16.4. The molecular formula is C16H26N4O3. The summed E-state index contributed by atoms with van der Waals surface area (Å²) in [5.74, 6) is 1.10. The van der Waals surface area contributed by atoms with Crippen LogP contribution >= 0.6 is 0 Å². The van der Waals surface area contributed by atoms with Gasteiger partial charge in [0, 0.05) is 51.9 Å². The van der Waals surface area contributed by atoms with Crippen LogP contribution in [0.15, 0.2) is 4.52 Å². The minimum Gasteiger partial charge on any atom is -0.380 e. The van der Waals surface area contributed by atoms with Crippen molar-refractivity contribution < 1.29 is 14.1 Å². The molecule has 2 atom stereocenters. The molecule has 1 amide bonds. The molecule has 1 N–H and O–H groups in total. The van der Waals surface area contributed by atoms with Crippen molar-refractivity contribution in [2.75, 3.05) is 39.8 Å². The van der Waals surface area contributed by atoms with Crippen molar-refractivity contribution in [3.8, 4) is 0 Å². The molecule has 0 aliphatic carbocycles. The van der Waals surface area contributed by atoms with Gasteiger partial charge in [0.2, 0.25) is 5.91 Å². The van der Waals surface area contributed by atoms with Crippen molar-refractivity contribution >= 4 is 5.91 Å². The van der Waals surface area contributed by atoms with Crippen molar-refractivity contribution in [1.29, 1.82) is 0 Å². The fourth-order valence-corrected chi connectivity index (χ4v) is 3.37. The van der Waals surface area contributed by atoms with Gasteiger partial charge in [-0.15, -0.1) is 0 Å². The van der Waals surface area contributed by atoms with Crippen LogP contribution in [0.3, 0.4) is 0 Å². The van der Waals surface area contributed by atoms with Crippen LogP contribution in [0, 0.1) is 13.8 Å². The number of nitrogens with one attached hydrogen (secondary N) is 1. The van der Waals surface area contributed by atoms with Crippen LogP contribution in [-0.2, 0) is 16.1 Å². The highest BCUT2D eigenvalue weighted by atomic mass is 16.5. The Balaban J connectivity index is 1.49. The molecule has 0 spiro atoms. The molecule has 0 radical (unpaired) electrons. The summed E-state index contributed by atoms with van der Waals surface area (Å²) in [5.41, 5.74) is 2.13. The lowest BCUT2D eigenvalue weighted by atomic mass is 10.1.